The van der Waals surface area contributed by atoms with Gasteiger partial charge in [-0.15, -0.1) is 4.33 Å². The Morgan fingerprint density at radius 2 is 2.06 bits per heavy atom. The Balaban J connectivity index is 1.67. The SMILES string of the molecule is O=C(Nc1ccc(S(=O)(=O)O)c2ccc3c(c12)Oc1oc2ccc(SOOO)cc2[n+]1N3)C(Br)CBr. The molecule has 3 aromatic carbocycles. The van der Waals surface area contributed by atoms with Crippen molar-refractivity contribution < 1.29 is 46.2 Å². The Morgan fingerprint density at radius 1 is 1.25 bits per heavy atom. The van der Waals surface area contributed by atoms with Crippen molar-refractivity contribution in [2.75, 3.05) is 16.1 Å². The highest BCUT2D eigenvalue weighted by Crippen LogP contribution is 2.45. The number of rotatable bonds is 7. The maximum atomic E-state index is 12.6. The number of anilines is 2. The monoisotopic (exact) mass is 662 g/mol. The molecule has 36 heavy (non-hydrogen) atoms. The van der Waals surface area contributed by atoms with Crippen molar-refractivity contribution in [1.29, 1.82) is 0 Å². The second-order valence-corrected chi connectivity index (χ2v) is 11.3. The number of carbonyl (C=O) groups excluding carboxylic acids is 1. The molecule has 188 valence electrons. The van der Waals surface area contributed by atoms with Crippen LogP contribution in [-0.4, -0.2) is 34.3 Å². The molecule has 1 aliphatic rings. The highest BCUT2D eigenvalue weighted by molar-refractivity contribution is 9.12. The van der Waals surface area contributed by atoms with Gasteiger partial charge < -0.3 is 14.5 Å². The van der Waals surface area contributed by atoms with E-state index in [1.165, 1.54) is 22.9 Å². The molecule has 0 aliphatic carbocycles. The van der Waals surface area contributed by atoms with Gasteiger partial charge in [0.1, 0.15) is 15.4 Å². The fraction of sp³-hybridized carbons (Fsp3) is 0.100. The molecule has 4 aromatic rings. The van der Waals surface area contributed by atoms with E-state index in [1.54, 1.807) is 24.3 Å². The van der Waals surface area contributed by atoms with Crippen LogP contribution in [0, 0.1) is 0 Å². The van der Waals surface area contributed by atoms with Gasteiger partial charge in [0, 0.05) is 26.4 Å². The van der Waals surface area contributed by atoms with E-state index in [1.807, 2.05) is 0 Å². The summed E-state index contributed by atoms with van der Waals surface area (Å²) in [6, 6.07) is 10.6. The summed E-state index contributed by atoms with van der Waals surface area (Å²) in [7, 11) is -4.59. The van der Waals surface area contributed by atoms with Gasteiger partial charge >= 0.3 is 6.08 Å². The normalized spacial score (nSPS) is 13.6. The van der Waals surface area contributed by atoms with Crippen molar-refractivity contribution in [2.45, 2.75) is 14.6 Å². The third-order valence-electron chi connectivity index (χ3n) is 5.18. The number of amides is 1. The van der Waals surface area contributed by atoms with Crippen LogP contribution in [0.15, 0.2) is 56.7 Å². The Hall–Kier alpha value is -2.44. The summed E-state index contributed by atoms with van der Waals surface area (Å²) in [6.45, 7) is 0. The van der Waals surface area contributed by atoms with Crippen LogP contribution in [0.1, 0.15) is 0 Å². The van der Waals surface area contributed by atoms with Crippen molar-refractivity contribution in [2.24, 2.45) is 0 Å². The number of hydrogen-bond acceptors (Lipinski definition) is 10. The van der Waals surface area contributed by atoms with Crippen LogP contribution in [0.5, 0.6) is 11.8 Å². The molecule has 1 unspecified atom stereocenters. The zero-order valence-electron chi connectivity index (χ0n) is 17.6. The lowest BCUT2D eigenvalue weighted by atomic mass is 10.1. The van der Waals surface area contributed by atoms with Crippen molar-refractivity contribution in [3.8, 4) is 11.8 Å². The first-order valence-electron chi connectivity index (χ1n) is 9.87. The van der Waals surface area contributed by atoms with E-state index in [0.717, 1.165) is 12.0 Å². The second kappa shape index (κ2) is 9.79. The van der Waals surface area contributed by atoms with E-state index >= 15 is 0 Å². The van der Waals surface area contributed by atoms with Gasteiger partial charge in [-0.05, 0) is 30.3 Å². The number of halogens is 2. The summed E-state index contributed by atoms with van der Waals surface area (Å²) in [5, 5.41) is 15.5. The molecule has 1 atom stereocenters. The number of nitrogens with one attached hydrogen (secondary N) is 2. The largest absolute Gasteiger partial charge is 0.597 e. The molecular formula is C20H14Br2N3O9S2+. The predicted octanol–water partition coefficient (Wildman–Crippen LogP) is 4.63. The Bertz CT molecular complexity index is 1630. The summed E-state index contributed by atoms with van der Waals surface area (Å²) in [5.41, 5.74) is 4.82. The first-order valence-corrected chi connectivity index (χ1v) is 14.1. The molecule has 0 bridgehead atoms. The molecular weight excluding hydrogens is 650 g/mol. The number of carbonyl (C=O) groups is 1. The van der Waals surface area contributed by atoms with E-state index in [9.17, 15) is 17.8 Å². The van der Waals surface area contributed by atoms with Crippen LogP contribution in [-0.2, 0) is 24.3 Å². The molecule has 1 aliphatic heterocycles. The first-order chi connectivity index (χ1) is 17.2. The number of benzene rings is 3. The summed E-state index contributed by atoms with van der Waals surface area (Å²) in [5.74, 6) is -0.212. The molecule has 0 radical (unpaired) electrons. The van der Waals surface area contributed by atoms with Gasteiger partial charge in [0.15, 0.2) is 5.75 Å². The fourth-order valence-electron chi connectivity index (χ4n) is 3.67. The minimum atomic E-state index is -4.59. The summed E-state index contributed by atoms with van der Waals surface area (Å²) < 4.78 is 51.8. The number of ether oxygens (including phenoxy) is 1. The van der Waals surface area contributed by atoms with Crippen molar-refractivity contribution in [3.05, 3.63) is 42.5 Å². The third kappa shape index (κ3) is 4.54. The molecule has 5 rings (SSSR count). The van der Waals surface area contributed by atoms with E-state index in [2.05, 4.69) is 52.0 Å². The van der Waals surface area contributed by atoms with Gasteiger partial charge in [-0.25, -0.2) is 5.26 Å². The fourth-order valence-corrected chi connectivity index (χ4v) is 5.16. The number of fused-ring (bicyclic) bond motifs is 6. The number of nitrogens with zero attached hydrogens (tertiary/aromatic N) is 1. The van der Waals surface area contributed by atoms with Crippen LogP contribution >= 0.6 is 43.9 Å². The van der Waals surface area contributed by atoms with Crippen molar-refractivity contribution in [1.82, 2.24) is 0 Å². The van der Waals surface area contributed by atoms with E-state index in [0.29, 0.717) is 27.0 Å². The molecule has 0 saturated heterocycles. The molecule has 4 N–H and O–H groups in total. The van der Waals surface area contributed by atoms with Gasteiger partial charge in [0.2, 0.25) is 11.5 Å². The minimum absolute atomic E-state index is 0.0137. The van der Waals surface area contributed by atoms with Crippen LogP contribution in [0.2, 0.25) is 0 Å². The molecule has 16 heteroatoms. The average Bonchev–Trinajstić information content (AvgIpc) is 3.21. The molecule has 12 nitrogen and oxygen atoms in total. The molecule has 0 saturated carbocycles. The molecule has 0 fully saturated rings. The lowest BCUT2D eigenvalue weighted by molar-refractivity contribution is -0.630. The maximum Gasteiger partial charge on any atom is 0.597 e. The molecule has 1 aromatic heterocycles. The zero-order chi connectivity index (χ0) is 25.6. The maximum absolute atomic E-state index is 12.6. The third-order valence-corrected chi connectivity index (χ3v) is 8.93. The van der Waals surface area contributed by atoms with Crippen LogP contribution in [0.3, 0.4) is 0 Å². The molecule has 0 spiro atoms. The Morgan fingerprint density at radius 3 is 2.78 bits per heavy atom. The lowest BCUT2D eigenvalue weighted by Gasteiger charge is -2.18. The first kappa shape index (κ1) is 25.2. The lowest BCUT2D eigenvalue weighted by Crippen LogP contribution is -2.44. The number of alkyl halides is 2. The van der Waals surface area contributed by atoms with E-state index < -0.39 is 14.9 Å². The quantitative estimate of drug-likeness (QED) is 0.0480. The predicted molar refractivity (Wildman–Crippen MR) is 135 cm³/mol. The topological polar surface area (TPSA) is 160 Å². The smallest absolute Gasteiger partial charge is 0.369 e. The van der Waals surface area contributed by atoms with Crippen molar-refractivity contribution in [3.63, 3.8) is 0 Å². The summed E-state index contributed by atoms with van der Waals surface area (Å²) >= 11 is 7.26. The Kier molecular flexibility index (Phi) is 6.86. The number of aromatic nitrogens is 1. The molecule has 2 heterocycles. The van der Waals surface area contributed by atoms with E-state index in [-0.39, 0.29) is 39.1 Å². The number of hydrogen-bond donors (Lipinski definition) is 4. The highest BCUT2D eigenvalue weighted by atomic mass is 79.9. The van der Waals surface area contributed by atoms with Crippen LogP contribution in [0.4, 0.5) is 11.4 Å². The second-order valence-electron chi connectivity index (χ2n) is 7.33. The summed E-state index contributed by atoms with van der Waals surface area (Å²) in [6.07, 6.45) is 0.0137. The van der Waals surface area contributed by atoms with Crippen LogP contribution < -0.4 is 20.2 Å². The zero-order valence-corrected chi connectivity index (χ0v) is 22.4. The van der Waals surface area contributed by atoms with E-state index in [4.69, 9.17) is 14.4 Å². The number of oxazole rings is 1. The van der Waals surface area contributed by atoms with Gasteiger partial charge in [-0.3, -0.25) is 9.35 Å². The average molecular weight is 664 g/mol. The standard InChI is InChI=1S/C20H13Br2N3O9S2/c21-8-11(22)19(26)23-12-4-6-16(36(28,29)30)10-2-3-13-18(17(10)12)32-20-25(24-13)14-7-9(35-34-33-27)1-5-15(14)31-20/h1-7,11,24H,8H2,(H2-,23,26,27,28,29,30)/p+1. The minimum Gasteiger partial charge on any atom is -0.369 e. The van der Waals surface area contributed by atoms with Crippen LogP contribution in [0.25, 0.3) is 21.9 Å². The van der Waals surface area contributed by atoms with Gasteiger partial charge in [0.05, 0.1) is 23.1 Å². The van der Waals surface area contributed by atoms with Gasteiger partial charge in [0.25, 0.3) is 15.6 Å². The molecule has 1 amide bonds. The van der Waals surface area contributed by atoms with Crippen molar-refractivity contribution >= 4 is 93.2 Å². The summed E-state index contributed by atoms with van der Waals surface area (Å²) in [4.78, 5) is 12.3. The highest BCUT2D eigenvalue weighted by Gasteiger charge is 2.35. The van der Waals surface area contributed by atoms with Gasteiger partial charge in [-0.2, -0.15) is 13.8 Å². The van der Waals surface area contributed by atoms with Gasteiger partial charge in [-0.1, -0.05) is 43.0 Å². The Labute approximate surface area is 223 Å².